The maximum absolute atomic E-state index is 4.61. The van der Waals surface area contributed by atoms with E-state index in [1.54, 1.807) is 17.5 Å². The Bertz CT molecular complexity index is 709. The van der Waals surface area contributed by atoms with Gasteiger partial charge in [-0.05, 0) is 18.6 Å². The molecule has 1 unspecified atom stereocenters. The van der Waals surface area contributed by atoms with Crippen LogP contribution in [0.3, 0.4) is 0 Å². The predicted molar refractivity (Wildman–Crippen MR) is 86.4 cm³/mol. The molecule has 0 aromatic carbocycles. The van der Waals surface area contributed by atoms with E-state index < -0.39 is 0 Å². The highest BCUT2D eigenvalue weighted by Crippen LogP contribution is 2.24. The molecular formula is C14H14BrN5S. The number of aromatic nitrogens is 5. The first-order valence-electron chi connectivity index (χ1n) is 6.66. The van der Waals surface area contributed by atoms with Gasteiger partial charge in [0.25, 0.3) is 0 Å². The fraction of sp³-hybridized carbons (Fsp3) is 0.286. The molecule has 0 N–H and O–H groups in total. The Morgan fingerprint density at radius 3 is 3.05 bits per heavy atom. The van der Waals surface area contributed by atoms with Crippen LogP contribution in [0.15, 0.2) is 36.0 Å². The Morgan fingerprint density at radius 2 is 2.29 bits per heavy atom. The number of pyridine rings is 1. The molecule has 0 bridgehead atoms. The molecule has 21 heavy (non-hydrogen) atoms. The first-order chi connectivity index (χ1) is 10.3. The lowest BCUT2D eigenvalue weighted by Crippen LogP contribution is -2.00. The van der Waals surface area contributed by atoms with Crippen LogP contribution in [0, 0.1) is 0 Å². The Hall–Kier alpha value is -1.60. The van der Waals surface area contributed by atoms with Gasteiger partial charge in [0.15, 0.2) is 0 Å². The maximum Gasteiger partial charge on any atom is 0.142 e. The van der Waals surface area contributed by atoms with Crippen LogP contribution < -0.4 is 0 Å². The van der Waals surface area contributed by atoms with Crippen molar-refractivity contribution in [2.24, 2.45) is 0 Å². The fourth-order valence-electron chi connectivity index (χ4n) is 1.90. The van der Waals surface area contributed by atoms with Crippen molar-refractivity contribution < 1.29 is 0 Å². The molecule has 0 saturated heterocycles. The minimum atomic E-state index is 0.255. The van der Waals surface area contributed by atoms with Gasteiger partial charge >= 0.3 is 0 Å². The van der Waals surface area contributed by atoms with E-state index in [9.17, 15) is 0 Å². The van der Waals surface area contributed by atoms with E-state index in [4.69, 9.17) is 0 Å². The van der Waals surface area contributed by atoms with Gasteiger partial charge < -0.3 is 0 Å². The topological polar surface area (TPSA) is 56.5 Å². The fourth-order valence-corrected chi connectivity index (χ4v) is 2.89. The number of hydrogen-bond donors (Lipinski definition) is 0. The second-order valence-corrected chi connectivity index (χ2v) is 6.54. The summed E-state index contributed by atoms with van der Waals surface area (Å²) in [6, 6.07) is 5.83. The van der Waals surface area contributed by atoms with E-state index in [2.05, 4.69) is 43.1 Å². The molecule has 7 heteroatoms. The minimum absolute atomic E-state index is 0.255. The largest absolute Gasteiger partial charge is 0.254 e. The van der Waals surface area contributed by atoms with E-state index in [0.29, 0.717) is 6.54 Å². The van der Waals surface area contributed by atoms with E-state index in [-0.39, 0.29) is 4.83 Å². The quantitative estimate of drug-likeness (QED) is 0.648. The van der Waals surface area contributed by atoms with Crippen LogP contribution in [-0.4, -0.2) is 25.0 Å². The first-order valence-corrected chi connectivity index (χ1v) is 8.45. The number of nitrogens with zero attached hydrogens (tertiary/aromatic N) is 5. The summed E-state index contributed by atoms with van der Waals surface area (Å²) >= 11 is 5.18. The van der Waals surface area contributed by atoms with Crippen molar-refractivity contribution in [2.75, 3.05) is 0 Å². The van der Waals surface area contributed by atoms with Crippen LogP contribution in [0.1, 0.15) is 29.6 Å². The smallest absolute Gasteiger partial charge is 0.142 e. The molecule has 0 radical (unpaired) electrons. The van der Waals surface area contributed by atoms with Crippen molar-refractivity contribution in [2.45, 2.75) is 24.7 Å². The third-order valence-electron chi connectivity index (χ3n) is 3.00. The van der Waals surface area contributed by atoms with Crippen molar-refractivity contribution in [1.29, 1.82) is 0 Å². The zero-order valence-corrected chi connectivity index (χ0v) is 13.9. The van der Waals surface area contributed by atoms with Crippen LogP contribution in [0.2, 0.25) is 0 Å². The summed E-state index contributed by atoms with van der Waals surface area (Å²) < 4.78 is 1.82. The molecule has 3 heterocycles. The van der Waals surface area contributed by atoms with Gasteiger partial charge in [0.2, 0.25) is 0 Å². The number of rotatable bonds is 5. The predicted octanol–water partition coefficient (Wildman–Crippen LogP) is 3.69. The molecule has 0 aliphatic carbocycles. The number of halogens is 1. The number of hydrogen-bond acceptors (Lipinski definition) is 5. The van der Waals surface area contributed by atoms with Crippen LogP contribution in [0.4, 0.5) is 0 Å². The Morgan fingerprint density at radius 1 is 1.38 bits per heavy atom. The average molecular weight is 364 g/mol. The highest BCUT2D eigenvalue weighted by atomic mass is 79.9. The lowest BCUT2D eigenvalue weighted by molar-refractivity contribution is 0.640. The van der Waals surface area contributed by atoms with Gasteiger partial charge in [-0.2, -0.15) is 0 Å². The molecule has 108 valence electrons. The Labute approximate surface area is 135 Å². The zero-order chi connectivity index (χ0) is 14.7. The van der Waals surface area contributed by atoms with Crippen molar-refractivity contribution in [3.63, 3.8) is 0 Å². The zero-order valence-electron chi connectivity index (χ0n) is 11.5. The third-order valence-corrected chi connectivity index (χ3v) is 5.03. The van der Waals surface area contributed by atoms with Crippen molar-refractivity contribution >= 4 is 27.3 Å². The molecule has 3 aromatic rings. The third kappa shape index (κ3) is 3.36. The average Bonchev–Trinajstić information content (AvgIpc) is 3.17. The molecule has 0 saturated carbocycles. The second kappa shape index (κ2) is 6.44. The lowest BCUT2D eigenvalue weighted by atomic mass is 10.3. The van der Waals surface area contributed by atoms with Crippen LogP contribution in [0.25, 0.3) is 10.7 Å². The second-order valence-electron chi connectivity index (χ2n) is 4.58. The lowest BCUT2D eigenvalue weighted by Gasteiger charge is -1.99. The van der Waals surface area contributed by atoms with Crippen LogP contribution >= 0.6 is 27.3 Å². The van der Waals surface area contributed by atoms with Crippen molar-refractivity contribution in [1.82, 2.24) is 25.0 Å². The summed E-state index contributed by atoms with van der Waals surface area (Å²) in [5.41, 5.74) is 2.83. The summed E-state index contributed by atoms with van der Waals surface area (Å²) in [5, 5.41) is 11.3. The molecular weight excluding hydrogens is 350 g/mol. The monoisotopic (exact) mass is 363 g/mol. The van der Waals surface area contributed by atoms with E-state index in [1.807, 2.05) is 34.5 Å². The highest BCUT2D eigenvalue weighted by molar-refractivity contribution is 9.09. The molecule has 3 rings (SSSR count). The van der Waals surface area contributed by atoms with Gasteiger partial charge in [0.1, 0.15) is 5.01 Å². The van der Waals surface area contributed by atoms with Gasteiger partial charge in [-0.15, -0.1) is 16.4 Å². The molecule has 3 aromatic heterocycles. The molecule has 5 nitrogen and oxygen atoms in total. The molecule has 0 aliphatic rings. The van der Waals surface area contributed by atoms with E-state index in [1.165, 1.54) is 0 Å². The summed E-state index contributed by atoms with van der Waals surface area (Å²) in [7, 11) is 0. The molecule has 0 aliphatic heterocycles. The van der Waals surface area contributed by atoms with Gasteiger partial charge in [0.05, 0.1) is 34.7 Å². The van der Waals surface area contributed by atoms with Gasteiger partial charge in [-0.1, -0.05) is 34.1 Å². The first kappa shape index (κ1) is 14.3. The minimum Gasteiger partial charge on any atom is -0.254 e. The molecule has 0 spiro atoms. The van der Waals surface area contributed by atoms with Gasteiger partial charge in [0, 0.05) is 11.6 Å². The standard InChI is InChI=1S/C14H14BrN5S/c1-2-11(15)13-8-20(19-18-13)7-10-9-21-14(17-10)12-5-3-4-6-16-12/h3-6,8-9,11H,2,7H2,1H3. The summed E-state index contributed by atoms with van der Waals surface area (Å²) in [6.07, 6.45) is 4.73. The Balaban J connectivity index is 1.74. The molecule has 0 amide bonds. The normalized spacial score (nSPS) is 12.5. The number of thiazole rings is 1. The van der Waals surface area contributed by atoms with Crippen LogP contribution in [-0.2, 0) is 6.54 Å². The molecule has 1 atom stereocenters. The summed E-state index contributed by atoms with van der Waals surface area (Å²) in [4.78, 5) is 9.18. The maximum atomic E-state index is 4.61. The Kier molecular flexibility index (Phi) is 4.40. The van der Waals surface area contributed by atoms with E-state index in [0.717, 1.165) is 28.5 Å². The van der Waals surface area contributed by atoms with Crippen molar-refractivity contribution in [3.8, 4) is 10.7 Å². The number of alkyl halides is 1. The highest BCUT2D eigenvalue weighted by Gasteiger charge is 2.11. The van der Waals surface area contributed by atoms with Crippen molar-refractivity contribution in [3.05, 3.63) is 47.4 Å². The SMILES string of the molecule is CCC(Br)c1cn(Cc2csc(-c3ccccn3)n2)nn1. The molecule has 0 fully saturated rings. The van der Waals surface area contributed by atoms with Gasteiger partial charge in [-0.3, -0.25) is 4.98 Å². The van der Waals surface area contributed by atoms with Crippen LogP contribution in [0.5, 0.6) is 0 Å². The summed E-state index contributed by atoms with van der Waals surface area (Å²) in [6.45, 7) is 2.73. The van der Waals surface area contributed by atoms with Gasteiger partial charge in [-0.25, -0.2) is 9.67 Å². The van der Waals surface area contributed by atoms with E-state index >= 15 is 0 Å². The summed E-state index contributed by atoms with van der Waals surface area (Å²) in [5.74, 6) is 0.